The molecule has 3 aromatic carbocycles. The second-order valence-corrected chi connectivity index (χ2v) is 6.85. The zero-order valence-electron chi connectivity index (χ0n) is 14.2. The first-order chi connectivity index (χ1) is 13.2. The van der Waals surface area contributed by atoms with Gasteiger partial charge >= 0.3 is 0 Å². The second kappa shape index (κ2) is 7.63. The van der Waals surface area contributed by atoms with Gasteiger partial charge in [-0.25, -0.2) is 4.98 Å². The van der Waals surface area contributed by atoms with Gasteiger partial charge in [-0.3, -0.25) is 4.79 Å². The maximum atomic E-state index is 12.2. The highest BCUT2D eigenvalue weighted by Crippen LogP contribution is 2.24. The topological polar surface area (TPSA) is 64.4 Å². The Morgan fingerprint density at radius 2 is 1.93 bits per heavy atom. The van der Waals surface area contributed by atoms with Crippen LogP contribution >= 0.6 is 15.9 Å². The molecule has 0 aliphatic rings. The van der Waals surface area contributed by atoms with Gasteiger partial charge in [0.25, 0.3) is 5.91 Å². The molecular weight excluding hydrogens is 408 g/mol. The van der Waals surface area contributed by atoms with Crippen LogP contribution in [0.1, 0.15) is 0 Å². The summed E-state index contributed by atoms with van der Waals surface area (Å²) < 4.78 is 11.9. The monoisotopic (exact) mass is 422 g/mol. The molecule has 1 amide bonds. The minimum Gasteiger partial charge on any atom is -0.484 e. The van der Waals surface area contributed by atoms with Crippen molar-refractivity contribution in [2.24, 2.45) is 0 Å². The van der Waals surface area contributed by atoms with Gasteiger partial charge < -0.3 is 14.5 Å². The molecule has 0 aliphatic heterocycles. The number of aromatic nitrogens is 1. The van der Waals surface area contributed by atoms with Crippen LogP contribution < -0.4 is 10.1 Å². The molecule has 1 N–H and O–H groups in total. The number of anilines is 1. The lowest BCUT2D eigenvalue weighted by Gasteiger charge is -2.09. The van der Waals surface area contributed by atoms with E-state index in [9.17, 15) is 4.79 Å². The van der Waals surface area contributed by atoms with Crippen LogP contribution in [0.25, 0.3) is 22.1 Å². The third-order valence-electron chi connectivity index (χ3n) is 4.01. The standard InChI is InChI=1S/C21H15BrN2O3/c22-17-6-4-15-10-19(7-5-14(15)8-17)26-12-21(25)24-18-3-1-2-16(9-18)20-11-23-13-27-20/h1-11,13H,12H2,(H,24,25). The molecule has 134 valence electrons. The minimum absolute atomic E-state index is 0.0748. The third kappa shape index (κ3) is 4.17. The van der Waals surface area contributed by atoms with Crippen molar-refractivity contribution in [1.82, 2.24) is 4.98 Å². The molecule has 4 aromatic rings. The highest BCUT2D eigenvalue weighted by atomic mass is 79.9. The number of nitrogens with one attached hydrogen (secondary N) is 1. The van der Waals surface area contributed by atoms with Crippen LogP contribution in [0.15, 0.2) is 82.1 Å². The van der Waals surface area contributed by atoms with E-state index in [0.29, 0.717) is 17.2 Å². The summed E-state index contributed by atoms with van der Waals surface area (Å²) >= 11 is 3.46. The Morgan fingerprint density at radius 1 is 1.07 bits per heavy atom. The van der Waals surface area contributed by atoms with E-state index in [1.807, 2.05) is 60.7 Å². The number of ether oxygens (including phenoxy) is 1. The number of rotatable bonds is 5. The van der Waals surface area contributed by atoms with Crippen molar-refractivity contribution in [1.29, 1.82) is 0 Å². The Bertz CT molecular complexity index is 1090. The van der Waals surface area contributed by atoms with E-state index in [0.717, 1.165) is 20.8 Å². The Labute approximate surface area is 164 Å². The molecular formula is C21H15BrN2O3. The molecule has 0 unspecified atom stereocenters. The number of carbonyl (C=O) groups is 1. The van der Waals surface area contributed by atoms with Crippen molar-refractivity contribution < 1.29 is 13.9 Å². The van der Waals surface area contributed by atoms with Crippen LogP contribution in [0.5, 0.6) is 5.75 Å². The summed E-state index contributed by atoms with van der Waals surface area (Å²) in [7, 11) is 0. The second-order valence-electron chi connectivity index (χ2n) is 5.94. The van der Waals surface area contributed by atoms with Gasteiger partial charge in [-0.05, 0) is 47.2 Å². The normalized spacial score (nSPS) is 10.7. The van der Waals surface area contributed by atoms with Gasteiger partial charge in [0, 0.05) is 15.7 Å². The average molecular weight is 423 g/mol. The third-order valence-corrected chi connectivity index (χ3v) is 4.50. The van der Waals surface area contributed by atoms with Crippen molar-refractivity contribution in [2.45, 2.75) is 0 Å². The number of benzene rings is 3. The number of hydrogen-bond donors (Lipinski definition) is 1. The molecule has 5 nitrogen and oxygen atoms in total. The fraction of sp³-hybridized carbons (Fsp3) is 0.0476. The Hall–Kier alpha value is -3.12. The van der Waals surface area contributed by atoms with E-state index in [2.05, 4.69) is 26.2 Å². The van der Waals surface area contributed by atoms with E-state index in [1.54, 1.807) is 6.20 Å². The number of oxazole rings is 1. The van der Waals surface area contributed by atoms with Crippen LogP contribution in [-0.2, 0) is 4.79 Å². The first-order valence-corrected chi connectivity index (χ1v) is 9.07. The summed E-state index contributed by atoms with van der Waals surface area (Å²) in [4.78, 5) is 16.1. The number of fused-ring (bicyclic) bond motifs is 1. The summed E-state index contributed by atoms with van der Waals surface area (Å²) in [5.41, 5.74) is 1.51. The molecule has 0 fully saturated rings. The van der Waals surface area contributed by atoms with E-state index in [1.165, 1.54) is 6.39 Å². The first kappa shape index (κ1) is 17.3. The van der Waals surface area contributed by atoms with Crippen LogP contribution in [-0.4, -0.2) is 17.5 Å². The number of hydrogen-bond acceptors (Lipinski definition) is 4. The Balaban J connectivity index is 1.40. The first-order valence-electron chi connectivity index (χ1n) is 8.28. The fourth-order valence-electron chi connectivity index (χ4n) is 2.74. The summed E-state index contributed by atoms with van der Waals surface area (Å²) in [5, 5.41) is 4.98. The predicted molar refractivity (Wildman–Crippen MR) is 108 cm³/mol. The van der Waals surface area contributed by atoms with Crippen LogP contribution in [0.3, 0.4) is 0 Å². The number of nitrogens with zero attached hydrogens (tertiary/aromatic N) is 1. The lowest BCUT2D eigenvalue weighted by Crippen LogP contribution is -2.20. The summed E-state index contributed by atoms with van der Waals surface area (Å²) in [5.74, 6) is 1.06. The SMILES string of the molecule is O=C(COc1ccc2cc(Br)ccc2c1)Nc1cccc(-c2cnco2)c1. The highest BCUT2D eigenvalue weighted by Gasteiger charge is 2.07. The van der Waals surface area contributed by atoms with Crippen LogP contribution in [0.4, 0.5) is 5.69 Å². The molecule has 0 aliphatic carbocycles. The zero-order chi connectivity index (χ0) is 18.6. The molecule has 0 radical (unpaired) electrons. The van der Waals surface area contributed by atoms with Gasteiger partial charge in [-0.15, -0.1) is 0 Å². The van der Waals surface area contributed by atoms with Gasteiger partial charge in [-0.2, -0.15) is 0 Å². The molecule has 1 aromatic heterocycles. The molecule has 0 atom stereocenters. The van der Waals surface area contributed by atoms with Crippen LogP contribution in [0.2, 0.25) is 0 Å². The van der Waals surface area contributed by atoms with Crippen LogP contribution in [0, 0.1) is 0 Å². The quantitative estimate of drug-likeness (QED) is 0.475. The molecule has 0 saturated carbocycles. The average Bonchev–Trinajstić information content (AvgIpc) is 3.21. The van der Waals surface area contributed by atoms with Gasteiger partial charge in [0.05, 0.1) is 6.20 Å². The number of halogens is 1. The number of carbonyl (C=O) groups excluding carboxylic acids is 1. The van der Waals surface area contributed by atoms with Crippen molar-refractivity contribution in [3.63, 3.8) is 0 Å². The summed E-state index contributed by atoms with van der Waals surface area (Å²) in [6, 6.07) is 19.1. The molecule has 1 heterocycles. The van der Waals surface area contributed by atoms with E-state index in [-0.39, 0.29) is 12.5 Å². The predicted octanol–water partition coefficient (Wildman–Crippen LogP) is 5.27. The van der Waals surface area contributed by atoms with E-state index < -0.39 is 0 Å². The maximum Gasteiger partial charge on any atom is 0.262 e. The smallest absolute Gasteiger partial charge is 0.262 e. The lowest BCUT2D eigenvalue weighted by molar-refractivity contribution is -0.118. The molecule has 6 heteroatoms. The molecule has 0 saturated heterocycles. The van der Waals surface area contributed by atoms with Crippen molar-refractivity contribution in [2.75, 3.05) is 11.9 Å². The Morgan fingerprint density at radius 3 is 2.78 bits per heavy atom. The largest absolute Gasteiger partial charge is 0.484 e. The molecule has 0 spiro atoms. The Kier molecular flexibility index (Phi) is 4.89. The summed E-state index contributed by atoms with van der Waals surface area (Å²) in [6.45, 7) is -0.0748. The molecule has 27 heavy (non-hydrogen) atoms. The minimum atomic E-state index is -0.236. The lowest BCUT2D eigenvalue weighted by atomic mass is 10.1. The molecule has 0 bridgehead atoms. The van der Waals surface area contributed by atoms with Crippen molar-refractivity contribution in [3.8, 4) is 17.1 Å². The molecule has 4 rings (SSSR count). The highest BCUT2D eigenvalue weighted by molar-refractivity contribution is 9.10. The van der Waals surface area contributed by atoms with Crippen molar-refractivity contribution >= 4 is 38.3 Å². The van der Waals surface area contributed by atoms with Gasteiger partial charge in [-0.1, -0.05) is 40.2 Å². The van der Waals surface area contributed by atoms with E-state index in [4.69, 9.17) is 9.15 Å². The number of amides is 1. The zero-order valence-corrected chi connectivity index (χ0v) is 15.8. The van der Waals surface area contributed by atoms with Gasteiger partial charge in [0.15, 0.2) is 18.8 Å². The van der Waals surface area contributed by atoms with Crippen molar-refractivity contribution in [3.05, 3.63) is 77.7 Å². The maximum absolute atomic E-state index is 12.2. The van der Waals surface area contributed by atoms with E-state index >= 15 is 0 Å². The fourth-order valence-corrected chi connectivity index (χ4v) is 3.12. The van der Waals surface area contributed by atoms with Gasteiger partial charge in [0.1, 0.15) is 5.75 Å². The summed E-state index contributed by atoms with van der Waals surface area (Å²) in [6.07, 6.45) is 3.00. The van der Waals surface area contributed by atoms with Gasteiger partial charge in [0.2, 0.25) is 0 Å².